The highest BCUT2D eigenvalue weighted by Crippen LogP contribution is 2.35. The van der Waals surface area contributed by atoms with E-state index in [-0.39, 0.29) is 17.4 Å². The minimum absolute atomic E-state index is 0.181. The van der Waals surface area contributed by atoms with Crippen LogP contribution in [0, 0.1) is 24.6 Å². The molecule has 5 heterocycles. The van der Waals surface area contributed by atoms with Crippen molar-refractivity contribution in [3.05, 3.63) is 59.3 Å². The van der Waals surface area contributed by atoms with Gasteiger partial charge in [0, 0.05) is 57.4 Å². The predicted molar refractivity (Wildman–Crippen MR) is 165 cm³/mol. The summed E-state index contributed by atoms with van der Waals surface area (Å²) in [5.74, 6) is 0.597. The smallest absolute Gasteiger partial charge is 0.256 e. The van der Waals surface area contributed by atoms with Crippen LogP contribution in [0.4, 0.5) is 4.39 Å². The van der Waals surface area contributed by atoms with Crippen LogP contribution in [-0.4, -0.2) is 92.1 Å². The number of aliphatic hydroxyl groups is 1. The van der Waals surface area contributed by atoms with Gasteiger partial charge >= 0.3 is 0 Å². The Morgan fingerprint density at radius 3 is 2.49 bits per heavy atom. The third kappa shape index (κ3) is 5.69. The minimum Gasteiger partial charge on any atom is -0.391 e. The van der Waals surface area contributed by atoms with Crippen LogP contribution >= 0.6 is 0 Å². The molecule has 1 N–H and O–H groups in total. The number of aryl methyl sites for hydroxylation is 1. The summed E-state index contributed by atoms with van der Waals surface area (Å²) in [6, 6.07) is 4.41. The van der Waals surface area contributed by atoms with Crippen molar-refractivity contribution in [3.63, 3.8) is 0 Å². The number of piperidine rings is 1. The summed E-state index contributed by atoms with van der Waals surface area (Å²) in [4.78, 5) is 36.3. The topological polar surface area (TPSA) is 81.9 Å². The molecule has 0 aliphatic carbocycles. The molecule has 2 amide bonds. The van der Waals surface area contributed by atoms with Crippen molar-refractivity contribution in [2.24, 2.45) is 11.8 Å². The molecule has 3 saturated heterocycles. The molecule has 6 rings (SSSR count). The number of carbonyl (C=O) groups is 2. The van der Waals surface area contributed by atoms with E-state index in [1.165, 1.54) is 17.7 Å². The molecule has 230 valence electrons. The number of benzene rings is 1. The number of pyridine rings is 1. The van der Waals surface area contributed by atoms with E-state index in [0.29, 0.717) is 30.5 Å². The summed E-state index contributed by atoms with van der Waals surface area (Å²) in [6.45, 7) is 12.8. The van der Waals surface area contributed by atoms with Crippen LogP contribution in [0.5, 0.6) is 0 Å². The SMILES string of the molecule is CC(=O)N1CCC(CN2CC[C@@H](Cc3cn(-c4ccc(F)cc4C(=O)N4CC[C@@H](O)C4(C)C)c4cncc(C)c34)C2)CC1. The number of nitrogens with zero attached hydrogens (tertiary/aromatic N) is 5. The van der Waals surface area contributed by atoms with E-state index in [1.807, 2.05) is 35.7 Å². The molecule has 3 aliphatic rings. The highest BCUT2D eigenvalue weighted by atomic mass is 19.1. The maximum absolute atomic E-state index is 14.6. The second kappa shape index (κ2) is 11.7. The standard InChI is InChI=1S/C34H44FN5O3/c1-22-17-36-18-30-32(22)26(15-25-7-11-37(20-25)19-24-8-12-38(13-9-24)23(2)41)21-39(30)29-6-5-27(35)16-28(29)33(43)40-14-10-31(42)34(40,3)4/h5-6,16-18,21,24-25,31,42H,7-15,19-20H2,1-4H3/t25-,31+/m0/s1. The molecule has 0 spiro atoms. The molecule has 3 aliphatic heterocycles. The molecule has 1 aromatic carbocycles. The van der Waals surface area contributed by atoms with Crippen LogP contribution in [0.15, 0.2) is 36.8 Å². The van der Waals surface area contributed by atoms with Crippen LogP contribution in [0.25, 0.3) is 16.6 Å². The molecule has 3 aromatic rings. The predicted octanol–water partition coefficient (Wildman–Crippen LogP) is 4.58. The number of carbonyl (C=O) groups excluding carboxylic acids is 2. The Bertz CT molecular complexity index is 1530. The molecule has 9 heteroatoms. The number of fused-ring (bicyclic) bond motifs is 1. The molecule has 0 saturated carbocycles. The number of aromatic nitrogens is 2. The molecule has 43 heavy (non-hydrogen) atoms. The van der Waals surface area contributed by atoms with Crippen LogP contribution in [0.1, 0.15) is 67.9 Å². The van der Waals surface area contributed by atoms with Crippen LogP contribution < -0.4 is 0 Å². The zero-order chi connectivity index (χ0) is 30.5. The van der Waals surface area contributed by atoms with Gasteiger partial charge in [-0.2, -0.15) is 0 Å². The van der Waals surface area contributed by atoms with Crippen molar-refractivity contribution in [2.45, 2.75) is 71.4 Å². The minimum atomic E-state index is -0.735. The number of halogens is 1. The van der Waals surface area contributed by atoms with E-state index in [2.05, 4.69) is 23.0 Å². The average molecular weight is 590 g/mol. The Hall–Kier alpha value is -3.30. The summed E-state index contributed by atoms with van der Waals surface area (Å²) < 4.78 is 16.6. The zero-order valence-corrected chi connectivity index (χ0v) is 25.9. The largest absolute Gasteiger partial charge is 0.391 e. The number of aliphatic hydroxyl groups excluding tert-OH is 1. The first-order valence-corrected chi connectivity index (χ1v) is 15.7. The van der Waals surface area contributed by atoms with E-state index in [0.717, 1.165) is 74.9 Å². The maximum Gasteiger partial charge on any atom is 0.256 e. The zero-order valence-electron chi connectivity index (χ0n) is 25.9. The van der Waals surface area contributed by atoms with Gasteiger partial charge < -0.3 is 24.4 Å². The number of rotatable bonds is 6. The Morgan fingerprint density at radius 1 is 1.05 bits per heavy atom. The first-order chi connectivity index (χ1) is 20.5. The molecular formula is C34H44FN5O3. The molecule has 3 fully saturated rings. The molecule has 0 radical (unpaired) electrons. The van der Waals surface area contributed by atoms with Gasteiger partial charge in [0.1, 0.15) is 5.82 Å². The molecule has 0 unspecified atom stereocenters. The average Bonchev–Trinajstić information content (AvgIpc) is 3.65. The molecular weight excluding hydrogens is 545 g/mol. The van der Waals surface area contributed by atoms with Crippen molar-refractivity contribution < 1.29 is 19.1 Å². The van der Waals surface area contributed by atoms with Gasteiger partial charge in [0.25, 0.3) is 5.91 Å². The number of amides is 2. The number of likely N-dealkylation sites (tertiary alicyclic amines) is 3. The second-order valence-corrected chi connectivity index (χ2v) is 13.5. The summed E-state index contributed by atoms with van der Waals surface area (Å²) in [7, 11) is 0. The first kappa shape index (κ1) is 29.8. The normalized spacial score (nSPS) is 23.0. The van der Waals surface area contributed by atoms with Gasteiger partial charge in [-0.3, -0.25) is 14.6 Å². The monoisotopic (exact) mass is 589 g/mol. The Morgan fingerprint density at radius 2 is 1.79 bits per heavy atom. The van der Waals surface area contributed by atoms with Gasteiger partial charge in [-0.05, 0) is 101 Å². The summed E-state index contributed by atoms with van der Waals surface area (Å²) in [6.07, 6.45) is 9.92. The first-order valence-electron chi connectivity index (χ1n) is 15.7. The number of hydrogen-bond donors (Lipinski definition) is 1. The lowest BCUT2D eigenvalue weighted by molar-refractivity contribution is -0.130. The van der Waals surface area contributed by atoms with Crippen molar-refractivity contribution in [3.8, 4) is 5.69 Å². The van der Waals surface area contributed by atoms with E-state index < -0.39 is 17.5 Å². The summed E-state index contributed by atoms with van der Waals surface area (Å²) >= 11 is 0. The van der Waals surface area contributed by atoms with Gasteiger partial charge in [0.2, 0.25) is 5.91 Å². The third-order valence-electron chi connectivity index (χ3n) is 10.3. The van der Waals surface area contributed by atoms with Gasteiger partial charge in [0.15, 0.2) is 0 Å². The third-order valence-corrected chi connectivity index (χ3v) is 10.3. The summed E-state index contributed by atoms with van der Waals surface area (Å²) in [5, 5.41) is 11.7. The fraction of sp³-hybridized carbons (Fsp3) is 0.559. The van der Waals surface area contributed by atoms with Crippen LogP contribution in [0.2, 0.25) is 0 Å². The lowest BCUT2D eigenvalue weighted by Gasteiger charge is -2.34. The van der Waals surface area contributed by atoms with E-state index >= 15 is 0 Å². The van der Waals surface area contributed by atoms with Gasteiger partial charge in [-0.15, -0.1) is 0 Å². The highest BCUT2D eigenvalue weighted by Gasteiger charge is 2.43. The quantitative estimate of drug-likeness (QED) is 0.455. The molecule has 2 aromatic heterocycles. The molecule has 0 bridgehead atoms. The lowest BCUT2D eigenvalue weighted by Crippen LogP contribution is -2.48. The van der Waals surface area contributed by atoms with Gasteiger partial charge in [-0.25, -0.2) is 4.39 Å². The summed E-state index contributed by atoms with van der Waals surface area (Å²) in [5.41, 5.74) is 3.38. The fourth-order valence-corrected chi connectivity index (χ4v) is 7.62. The molecule has 2 atom stereocenters. The van der Waals surface area contributed by atoms with E-state index in [9.17, 15) is 19.1 Å². The lowest BCUT2D eigenvalue weighted by atomic mass is 9.96. The fourth-order valence-electron chi connectivity index (χ4n) is 7.62. The van der Waals surface area contributed by atoms with Crippen LogP contribution in [0.3, 0.4) is 0 Å². The van der Waals surface area contributed by atoms with Crippen molar-refractivity contribution >= 4 is 22.7 Å². The molecule has 8 nitrogen and oxygen atoms in total. The second-order valence-electron chi connectivity index (χ2n) is 13.5. The van der Waals surface area contributed by atoms with Crippen molar-refractivity contribution in [2.75, 3.05) is 39.3 Å². The Balaban J connectivity index is 1.25. The van der Waals surface area contributed by atoms with E-state index in [1.54, 1.807) is 17.9 Å². The van der Waals surface area contributed by atoms with Crippen molar-refractivity contribution in [1.29, 1.82) is 0 Å². The highest BCUT2D eigenvalue weighted by molar-refractivity contribution is 6.00. The van der Waals surface area contributed by atoms with Gasteiger partial charge in [-0.1, -0.05) is 0 Å². The Kier molecular flexibility index (Phi) is 8.07. The van der Waals surface area contributed by atoms with Crippen molar-refractivity contribution in [1.82, 2.24) is 24.3 Å². The maximum atomic E-state index is 14.6. The number of hydrogen-bond acceptors (Lipinski definition) is 5. The van der Waals surface area contributed by atoms with Crippen LogP contribution in [-0.2, 0) is 11.2 Å². The Labute approximate surface area is 253 Å². The van der Waals surface area contributed by atoms with Gasteiger partial charge in [0.05, 0.1) is 34.6 Å². The van der Waals surface area contributed by atoms with E-state index in [4.69, 9.17) is 0 Å².